The highest BCUT2D eigenvalue weighted by Gasteiger charge is 2.33. The van der Waals surface area contributed by atoms with Gasteiger partial charge in [-0.2, -0.15) is 13.2 Å². The standard InChI is InChI=1S/C19H15F3N4O3S/c1-11(27)23-13-6-4-5-12(9-13)17-25-26-18(29-17)30-10-16(28)24-15-8-3-2-7-14(15)19(20,21)22/h2-9H,10H2,1H3,(H,23,27)(H,24,28). The normalized spacial score (nSPS) is 11.2. The van der Waals surface area contributed by atoms with Gasteiger partial charge in [0.1, 0.15) is 0 Å². The van der Waals surface area contributed by atoms with E-state index in [1.54, 1.807) is 24.3 Å². The largest absolute Gasteiger partial charge is 0.418 e. The second-order valence-electron chi connectivity index (χ2n) is 6.02. The van der Waals surface area contributed by atoms with Crippen molar-refractivity contribution in [3.63, 3.8) is 0 Å². The van der Waals surface area contributed by atoms with Gasteiger partial charge in [-0.05, 0) is 30.3 Å². The van der Waals surface area contributed by atoms with E-state index in [1.165, 1.54) is 25.1 Å². The fraction of sp³-hybridized carbons (Fsp3) is 0.158. The fourth-order valence-corrected chi connectivity index (χ4v) is 3.03. The lowest BCUT2D eigenvalue weighted by molar-refractivity contribution is -0.137. The van der Waals surface area contributed by atoms with Crippen LogP contribution in [-0.4, -0.2) is 27.8 Å². The summed E-state index contributed by atoms with van der Waals surface area (Å²) >= 11 is 0.888. The minimum Gasteiger partial charge on any atom is -0.411 e. The Labute approximate surface area is 173 Å². The summed E-state index contributed by atoms with van der Waals surface area (Å²) in [7, 11) is 0. The van der Waals surface area contributed by atoms with Gasteiger partial charge in [-0.3, -0.25) is 9.59 Å². The Bertz CT molecular complexity index is 1070. The summed E-state index contributed by atoms with van der Waals surface area (Å²) in [5.41, 5.74) is -0.140. The number of hydrogen-bond acceptors (Lipinski definition) is 6. The van der Waals surface area contributed by atoms with Crippen LogP contribution in [0.25, 0.3) is 11.5 Å². The van der Waals surface area contributed by atoms with Crippen LogP contribution in [0.1, 0.15) is 12.5 Å². The first-order valence-corrected chi connectivity index (χ1v) is 9.51. The molecule has 2 amide bonds. The van der Waals surface area contributed by atoms with Gasteiger partial charge in [0.15, 0.2) is 0 Å². The molecule has 0 saturated heterocycles. The Balaban J connectivity index is 1.62. The monoisotopic (exact) mass is 436 g/mol. The van der Waals surface area contributed by atoms with Crippen molar-refractivity contribution in [1.29, 1.82) is 0 Å². The van der Waals surface area contributed by atoms with E-state index in [-0.39, 0.29) is 28.5 Å². The molecule has 3 aromatic rings. The van der Waals surface area contributed by atoms with E-state index in [0.29, 0.717) is 11.3 Å². The van der Waals surface area contributed by atoms with Crippen molar-refractivity contribution in [3.8, 4) is 11.5 Å². The number of alkyl halides is 3. The predicted octanol–water partition coefficient (Wildman–Crippen LogP) is 4.44. The second kappa shape index (κ2) is 8.99. The SMILES string of the molecule is CC(=O)Nc1cccc(-c2nnc(SCC(=O)Nc3ccccc3C(F)(F)F)o2)c1. The predicted molar refractivity (Wildman–Crippen MR) is 105 cm³/mol. The smallest absolute Gasteiger partial charge is 0.411 e. The zero-order valence-corrected chi connectivity index (χ0v) is 16.3. The quantitative estimate of drug-likeness (QED) is 0.555. The third-order valence-corrected chi connectivity index (χ3v) is 4.49. The molecule has 0 bridgehead atoms. The summed E-state index contributed by atoms with van der Waals surface area (Å²) in [6.45, 7) is 1.38. The van der Waals surface area contributed by atoms with E-state index in [9.17, 15) is 22.8 Å². The molecule has 0 unspecified atom stereocenters. The number of benzene rings is 2. The van der Waals surface area contributed by atoms with E-state index in [4.69, 9.17) is 4.42 Å². The van der Waals surface area contributed by atoms with Crippen LogP contribution < -0.4 is 10.6 Å². The molecule has 0 saturated carbocycles. The highest BCUT2D eigenvalue weighted by Crippen LogP contribution is 2.34. The lowest BCUT2D eigenvalue weighted by atomic mass is 10.1. The maximum Gasteiger partial charge on any atom is 0.418 e. The molecule has 0 atom stereocenters. The van der Waals surface area contributed by atoms with Gasteiger partial charge in [0, 0.05) is 18.2 Å². The number of nitrogens with zero attached hydrogens (tertiary/aromatic N) is 2. The number of aromatic nitrogens is 2. The highest BCUT2D eigenvalue weighted by molar-refractivity contribution is 7.99. The lowest BCUT2D eigenvalue weighted by Gasteiger charge is -2.13. The summed E-state index contributed by atoms with van der Waals surface area (Å²) in [4.78, 5) is 23.2. The number of halogens is 3. The summed E-state index contributed by atoms with van der Waals surface area (Å²) in [5, 5.41) is 12.7. The van der Waals surface area contributed by atoms with Crippen LogP contribution in [0.4, 0.5) is 24.5 Å². The van der Waals surface area contributed by atoms with Crippen LogP contribution in [0.2, 0.25) is 0 Å². The number of para-hydroxylation sites is 1. The summed E-state index contributed by atoms with van der Waals surface area (Å²) in [5.74, 6) is -0.927. The van der Waals surface area contributed by atoms with Gasteiger partial charge >= 0.3 is 6.18 Å². The van der Waals surface area contributed by atoms with Crippen LogP contribution >= 0.6 is 11.8 Å². The molecule has 0 fully saturated rings. The molecule has 0 aliphatic carbocycles. The van der Waals surface area contributed by atoms with Gasteiger partial charge in [0.2, 0.25) is 17.7 Å². The molecule has 1 aromatic heterocycles. The van der Waals surface area contributed by atoms with Crippen molar-refractivity contribution in [2.45, 2.75) is 18.3 Å². The molecular weight excluding hydrogens is 421 g/mol. The Morgan fingerprint density at radius 2 is 1.83 bits per heavy atom. The molecule has 0 spiro atoms. The average molecular weight is 436 g/mol. The van der Waals surface area contributed by atoms with Gasteiger partial charge in [-0.1, -0.05) is 30.0 Å². The number of rotatable bonds is 6. The third-order valence-electron chi connectivity index (χ3n) is 3.67. The van der Waals surface area contributed by atoms with E-state index >= 15 is 0 Å². The van der Waals surface area contributed by atoms with Crippen molar-refractivity contribution < 1.29 is 27.2 Å². The van der Waals surface area contributed by atoms with Gasteiger partial charge in [-0.15, -0.1) is 10.2 Å². The summed E-state index contributed by atoms with van der Waals surface area (Å²) in [6, 6.07) is 11.5. The Morgan fingerprint density at radius 3 is 2.57 bits per heavy atom. The number of nitrogens with one attached hydrogen (secondary N) is 2. The van der Waals surface area contributed by atoms with E-state index < -0.39 is 17.6 Å². The van der Waals surface area contributed by atoms with Crippen LogP contribution in [0.5, 0.6) is 0 Å². The molecule has 0 radical (unpaired) electrons. The fourth-order valence-electron chi connectivity index (χ4n) is 2.47. The number of carbonyl (C=O) groups excluding carboxylic acids is 2. The van der Waals surface area contributed by atoms with E-state index in [1.807, 2.05) is 0 Å². The first-order valence-electron chi connectivity index (χ1n) is 8.53. The van der Waals surface area contributed by atoms with Crippen molar-refractivity contribution >= 4 is 35.0 Å². The highest BCUT2D eigenvalue weighted by atomic mass is 32.2. The van der Waals surface area contributed by atoms with Crippen LogP contribution in [0.15, 0.2) is 58.2 Å². The molecule has 7 nitrogen and oxygen atoms in total. The van der Waals surface area contributed by atoms with Gasteiger partial charge < -0.3 is 15.1 Å². The Kier molecular flexibility index (Phi) is 6.40. The zero-order valence-electron chi connectivity index (χ0n) is 15.5. The van der Waals surface area contributed by atoms with Gasteiger partial charge in [-0.25, -0.2) is 0 Å². The Hall–Kier alpha value is -3.34. The summed E-state index contributed by atoms with van der Waals surface area (Å²) in [6.07, 6.45) is -4.58. The topological polar surface area (TPSA) is 97.1 Å². The zero-order chi connectivity index (χ0) is 21.7. The maximum absolute atomic E-state index is 13.0. The van der Waals surface area contributed by atoms with Gasteiger partial charge in [0.05, 0.1) is 17.0 Å². The van der Waals surface area contributed by atoms with E-state index in [2.05, 4.69) is 20.8 Å². The first-order chi connectivity index (χ1) is 14.2. The second-order valence-corrected chi connectivity index (χ2v) is 6.94. The maximum atomic E-state index is 13.0. The average Bonchev–Trinajstić information content (AvgIpc) is 3.15. The molecular formula is C19H15F3N4O3S. The summed E-state index contributed by atoms with van der Waals surface area (Å²) < 4.78 is 44.5. The first kappa shape index (κ1) is 21.4. The molecule has 30 heavy (non-hydrogen) atoms. The molecule has 0 aliphatic heterocycles. The minimum atomic E-state index is -4.58. The number of hydrogen-bond donors (Lipinski definition) is 2. The molecule has 11 heteroatoms. The minimum absolute atomic E-state index is 0.0780. The van der Waals surface area contributed by atoms with Crippen LogP contribution in [0, 0.1) is 0 Å². The van der Waals surface area contributed by atoms with Crippen LogP contribution in [-0.2, 0) is 15.8 Å². The molecule has 1 heterocycles. The van der Waals surface area contributed by atoms with Crippen LogP contribution in [0.3, 0.4) is 0 Å². The molecule has 0 aliphatic rings. The van der Waals surface area contributed by atoms with Crippen molar-refractivity contribution in [2.24, 2.45) is 0 Å². The van der Waals surface area contributed by atoms with Crippen molar-refractivity contribution in [1.82, 2.24) is 10.2 Å². The molecule has 3 rings (SSSR count). The van der Waals surface area contributed by atoms with Gasteiger partial charge in [0.25, 0.3) is 5.22 Å². The number of thioether (sulfide) groups is 1. The third kappa shape index (κ3) is 5.60. The lowest BCUT2D eigenvalue weighted by Crippen LogP contribution is -2.18. The van der Waals surface area contributed by atoms with Crippen molar-refractivity contribution in [2.75, 3.05) is 16.4 Å². The molecule has 2 aromatic carbocycles. The van der Waals surface area contributed by atoms with Crippen molar-refractivity contribution in [3.05, 3.63) is 54.1 Å². The number of amides is 2. The Morgan fingerprint density at radius 1 is 1.07 bits per heavy atom. The number of anilines is 2. The number of carbonyl (C=O) groups is 2. The van der Waals surface area contributed by atoms with E-state index in [0.717, 1.165) is 17.8 Å². The molecule has 2 N–H and O–H groups in total. The molecule has 156 valence electrons.